The van der Waals surface area contributed by atoms with Gasteiger partial charge in [0, 0.05) is 18.1 Å². The van der Waals surface area contributed by atoms with E-state index in [4.69, 9.17) is 4.74 Å². The van der Waals surface area contributed by atoms with Gasteiger partial charge in [-0.15, -0.1) is 0 Å². The van der Waals surface area contributed by atoms with E-state index in [1.165, 1.54) is 32.4 Å². The maximum atomic E-state index is 12.5. The van der Waals surface area contributed by atoms with Crippen molar-refractivity contribution < 1.29 is 4.74 Å². The molecule has 0 saturated carbocycles. The van der Waals surface area contributed by atoms with Crippen LogP contribution in [0.3, 0.4) is 0 Å². The Hall–Kier alpha value is -3.12. The van der Waals surface area contributed by atoms with E-state index in [1.54, 1.807) is 0 Å². The molecule has 0 spiro atoms. The highest BCUT2D eigenvalue weighted by atomic mass is 16.5. The predicted octanol–water partition coefficient (Wildman–Crippen LogP) is 5.35. The largest absolute Gasteiger partial charge is 0.493 e. The summed E-state index contributed by atoms with van der Waals surface area (Å²) in [6.07, 6.45) is 5.03. The Morgan fingerprint density at radius 3 is 2.62 bits per heavy atom. The fourth-order valence-electron chi connectivity index (χ4n) is 4.19. The first-order valence-corrected chi connectivity index (χ1v) is 11.7. The Balaban J connectivity index is 0.00000119. The lowest BCUT2D eigenvalue weighted by atomic mass is 10.1. The Kier molecular flexibility index (Phi) is 7.22. The molecule has 6 heteroatoms. The van der Waals surface area contributed by atoms with Crippen LogP contribution in [0.15, 0.2) is 53.3 Å². The van der Waals surface area contributed by atoms with Crippen molar-refractivity contribution in [2.24, 2.45) is 0 Å². The minimum atomic E-state index is -0.151. The molecule has 0 atom stereocenters. The van der Waals surface area contributed by atoms with Crippen LogP contribution in [0.1, 0.15) is 39.5 Å². The number of nitrogens with zero attached hydrogens (tertiary/aromatic N) is 2. The number of hydrogen-bond donors (Lipinski definition) is 2. The lowest BCUT2D eigenvalue weighted by Gasteiger charge is -2.26. The summed E-state index contributed by atoms with van der Waals surface area (Å²) >= 11 is 0. The molecule has 4 aromatic rings. The second-order valence-corrected chi connectivity index (χ2v) is 7.97. The minimum Gasteiger partial charge on any atom is -0.493 e. The highest BCUT2D eigenvalue weighted by Gasteiger charge is 2.12. The number of piperidine rings is 1. The molecule has 1 saturated heterocycles. The maximum Gasteiger partial charge on any atom is 0.259 e. The van der Waals surface area contributed by atoms with Crippen LogP contribution < -0.4 is 10.3 Å². The molecule has 0 aliphatic carbocycles. The zero-order chi connectivity index (χ0) is 22.3. The molecule has 2 N–H and O–H groups in total. The van der Waals surface area contributed by atoms with E-state index < -0.39 is 0 Å². The number of para-hydroxylation sites is 1. The van der Waals surface area contributed by atoms with Gasteiger partial charge in [0.05, 0.1) is 23.2 Å². The van der Waals surface area contributed by atoms with Gasteiger partial charge in [-0.2, -0.15) is 0 Å². The summed E-state index contributed by atoms with van der Waals surface area (Å²) in [6.45, 7) is 8.24. The first-order chi connectivity index (χ1) is 15.8. The number of pyridine rings is 1. The van der Waals surface area contributed by atoms with Gasteiger partial charge < -0.3 is 19.6 Å². The molecular weight excluding hydrogens is 400 g/mol. The van der Waals surface area contributed by atoms with Crippen LogP contribution >= 0.6 is 0 Å². The molecule has 32 heavy (non-hydrogen) atoms. The van der Waals surface area contributed by atoms with Crippen LogP contribution in [0.5, 0.6) is 5.75 Å². The Morgan fingerprint density at radius 1 is 0.969 bits per heavy atom. The Labute approximate surface area is 188 Å². The van der Waals surface area contributed by atoms with Gasteiger partial charge >= 0.3 is 0 Å². The fraction of sp³-hybridized carbons (Fsp3) is 0.385. The van der Waals surface area contributed by atoms with Gasteiger partial charge in [-0.25, -0.2) is 4.98 Å². The number of likely N-dealkylation sites (tertiary alicyclic amines) is 1. The van der Waals surface area contributed by atoms with E-state index in [0.717, 1.165) is 40.7 Å². The van der Waals surface area contributed by atoms with Crippen molar-refractivity contribution in [3.05, 3.63) is 58.9 Å². The molecule has 1 aliphatic heterocycles. The number of benzene rings is 2. The van der Waals surface area contributed by atoms with Crippen molar-refractivity contribution >= 4 is 21.9 Å². The van der Waals surface area contributed by atoms with E-state index in [0.29, 0.717) is 18.0 Å². The lowest BCUT2D eigenvalue weighted by Crippen LogP contribution is -2.31. The van der Waals surface area contributed by atoms with Crippen LogP contribution in [0.2, 0.25) is 0 Å². The SMILES string of the molecule is CC.O=c1[nH]c2ccccc2cc1-c1nc2ccc(OCCCN3CCCCC3)cc2[nH]1. The second-order valence-electron chi connectivity index (χ2n) is 7.97. The van der Waals surface area contributed by atoms with Gasteiger partial charge in [0.15, 0.2) is 0 Å². The monoisotopic (exact) mass is 432 g/mol. The average molecular weight is 433 g/mol. The average Bonchev–Trinajstić information content (AvgIpc) is 3.26. The summed E-state index contributed by atoms with van der Waals surface area (Å²) in [4.78, 5) is 25.9. The topological polar surface area (TPSA) is 74.0 Å². The van der Waals surface area contributed by atoms with Gasteiger partial charge in [0.1, 0.15) is 11.6 Å². The van der Waals surface area contributed by atoms with E-state index in [2.05, 4.69) is 19.9 Å². The number of H-pyrrole nitrogens is 2. The summed E-state index contributed by atoms with van der Waals surface area (Å²) < 4.78 is 5.96. The summed E-state index contributed by atoms with van der Waals surface area (Å²) in [5, 5.41) is 0.977. The van der Waals surface area contributed by atoms with E-state index >= 15 is 0 Å². The van der Waals surface area contributed by atoms with Crippen molar-refractivity contribution in [2.75, 3.05) is 26.2 Å². The molecule has 1 fully saturated rings. The number of imidazole rings is 1. The van der Waals surface area contributed by atoms with Crippen LogP contribution in [-0.2, 0) is 0 Å². The number of rotatable bonds is 6. The van der Waals surface area contributed by atoms with Gasteiger partial charge in [0.2, 0.25) is 0 Å². The third-order valence-corrected chi connectivity index (χ3v) is 5.80. The standard InChI is InChI=1S/C24H26N4O2.C2H6/c29-24-19(15-17-7-2-3-8-20(17)27-24)23-25-21-10-9-18(16-22(21)26-23)30-14-6-13-28-11-4-1-5-12-28;1-2/h2-3,7-10,15-16H,1,4-6,11-14H2,(H,25,26)(H,27,29);1-2H3. The highest BCUT2D eigenvalue weighted by Crippen LogP contribution is 2.24. The molecule has 3 heterocycles. The van der Waals surface area contributed by atoms with E-state index in [-0.39, 0.29) is 5.56 Å². The smallest absolute Gasteiger partial charge is 0.259 e. The van der Waals surface area contributed by atoms with Crippen LogP contribution in [0.25, 0.3) is 33.3 Å². The van der Waals surface area contributed by atoms with Crippen molar-refractivity contribution in [1.29, 1.82) is 0 Å². The normalized spacial score (nSPS) is 14.3. The summed E-state index contributed by atoms with van der Waals surface area (Å²) in [6, 6.07) is 15.5. The van der Waals surface area contributed by atoms with Gasteiger partial charge in [-0.05, 0) is 62.0 Å². The molecule has 2 aromatic carbocycles. The van der Waals surface area contributed by atoms with E-state index in [1.807, 2.05) is 62.4 Å². The predicted molar refractivity (Wildman–Crippen MR) is 131 cm³/mol. The number of aromatic nitrogens is 3. The molecule has 0 amide bonds. The molecule has 2 aromatic heterocycles. The zero-order valence-corrected chi connectivity index (χ0v) is 19.0. The first kappa shape index (κ1) is 22.1. The Bertz CT molecular complexity index is 1220. The molecular formula is C26H32N4O2. The summed E-state index contributed by atoms with van der Waals surface area (Å²) in [5.74, 6) is 1.39. The number of fused-ring (bicyclic) bond motifs is 2. The van der Waals surface area contributed by atoms with Crippen molar-refractivity contribution in [2.45, 2.75) is 39.5 Å². The number of aromatic amines is 2. The lowest BCUT2D eigenvalue weighted by molar-refractivity contribution is 0.205. The third kappa shape index (κ3) is 5.02. The number of ether oxygens (including phenoxy) is 1. The van der Waals surface area contributed by atoms with Gasteiger partial charge in [-0.1, -0.05) is 38.5 Å². The summed E-state index contributed by atoms with van der Waals surface area (Å²) in [7, 11) is 0. The van der Waals surface area contributed by atoms with E-state index in [9.17, 15) is 4.79 Å². The minimum absolute atomic E-state index is 0.151. The molecule has 168 valence electrons. The third-order valence-electron chi connectivity index (χ3n) is 5.80. The molecule has 0 radical (unpaired) electrons. The second kappa shape index (κ2) is 10.5. The van der Waals surface area contributed by atoms with Crippen LogP contribution in [0, 0.1) is 0 Å². The number of nitrogens with one attached hydrogen (secondary N) is 2. The van der Waals surface area contributed by atoms with Crippen molar-refractivity contribution in [3.8, 4) is 17.1 Å². The van der Waals surface area contributed by atoms with Crippen LogP contribution in [-0.4, -0.2) is 46.1 Å². The molecule has 1 aliphatic rings. The quantitative estimate of drug-likeness (QED) is 0.403. The Morgan fingerprint density at radius 2 is 1.78 bits per heavy atom. The van der Waals surface area contributed by atoms with Crippen molar-refractivity contribution in [1.82, 2.24) is 19.9 Å². The molecule has 0 bridgehead atoms. The maximum absolute atomic E-state index is 12.5. The zero-order valence-electron chi connectivity index (χ0n) is 19.0. The number of hydrogen-bond acceptors (Lipinski definition) is 4. The molecule has 5 rings (SSSR count). The fourth-order valence-corrected chi connectivity index (χ4v) is 4.19. The molecule has 0 unspecified atom stereocenters. The summed E-state index contributed by atoms with van der Waals surface area (Å²) in [5.41, 5.74) is 2.89. The van der Waals surface area contributed by atoms with Crippen molar-refractivity contribution in [3.63, 3.8) is 0 Å². The van der Waals surface area contributed by atoms with Gasteiger partial charge in [0.25, 0.3) is 5.56 Å². The molecule has 6 nitrogen and oxygen atoms in total. The van der Waals surface area contributed by atoms with Crippen LogP contribution in [0.4, 0.5) is 0 Å². The first-order valence-electron chi connectivity index (χ1n) is 11.7. The van der Waals surface area contributed by atoms with Gasteiger partial charge in [-0.3, -0.25) is 4.79 Å². The highest BCUT2D eigenvalue weighted by molar-refractivity contribution is 5.85.